The first-order valence-corrected chi connectivity index (χ1v) is 10.3. The molecular formula is C23H19ClN4O4. The fraction of sp³-hybridized carbons (Fsp3) is 0.174. The van der Waals surface area contributed by atoms with Crippen LogP contribution in [0.25, 0.3) is 0 Å². The molecule has 0 saturated carbocycles. The number of benzene rings is 2. The zero-order valence-corrected chi connectivity index (χ0v) is 17.6. The average Bonchev–Trinajstić information content (AvgIpc) is 2.87. The van der Waals surface area contributed by atoms with Gasteiger partial charge in [-0.3, -0.25) is 19.4 Å². The molecule has 9 heteroatoms. The molecule has 2 heterocycles. The molecule has 0 bridgehead atoms. The number of benzodiazepines with no additional fused rings is 1. The second kappa shape index (κ2) is 9.57. The molecule has 2 aliphatic rings. The third-order valence-electron chi connectivity index (χ3n) is 4.78. The van der Waals surface area contributed by atoms with Crippen LogP contribution in [0.1, 0.15) is 24.0 Å². The van der Waals surface area contributed by atoms with Gasteiger partial charge in [-0.2, -0.15) is 0 Å². The lowest BCUT2D eigenvalue weighted by molar-refractivity contribution is -0.153. The Balaban J connectivity index is 1.46. The van der Waals surface area contributed by atoms with Crippen molar-refractivity contribution in [3.8, 4) is 0 Å². The van der Waals surface area contributed by atoms with Crippen molar-refractivity contribution in [2.45, 2.75) is 19.1 Å². The average molecular weight is 451 g/mol. The van der Waals surface area contributed by atoms with Gasteiger partial charge in [-0.05, 0) is 30.7 Å². The molecular weight excluding hydrogens is 432 g/mol. The highest BCUT2D eigenvalue weighted by Gasteiger charge is 2.28. The predicted molar refractivity (Wildman–Crippen MR) is 121 cm³/mol. The van der Waals surface area contributed by atoms with E-state index in [0.29, 0.717) is 34.1 Å². The second-order valence-electron chi connectivity index (χ2n) is 7.05. The van der Waals surface area contributed by atoms with E-state index < -0.39 is 18.1 Å². The molecule has 0 spiro atoms. The van der Waals surface area contributed by atoms with Crippen LogP contribution in [0, 0.1) is 0 Å². The standard InChI is InChI=1S/C23H19ClN4O4/c24-15-8-9-17-16(13-15)20(14-5-2-1-3-6-14)28-23(22(31)27-17)32-19(29)7-4-11-26-21(30)18-10-12-25-18/h1-3,5-6,8-10,12-13,23H,4,7,11H2,(H,26,30)(H,27,31). The summed E-state index contributed by atoms with van der Waals surface area (Å²) in [6.45, 7) is 0.278. The van der Waals surface area contributed by atoms with Crippen molar-refractivity contribution in [1.82, 2.24) is 5.32 Å². The number of halogens is 1. The molecule has 2 aromatic rings. The number of hydrogen-bond acceptors (Lipinski definition) is 6. The maximum absolute atomic E-state index is 12.7. The molecule has 4 rings (SSSR count). The molecule has 162 valence electrons. The van der Waals surface area contributed by atoms with Crippen molar-refractivity contribution in [3.63, 3.8) is 0 Å². The second-order valence-corrected chi connectivity index (χ2v) is 7.49. The lowest BCUT2D eigenvalue weighted by atomic mass is 10.0. The smallest absolute Gasteiger partial charge is 0.308 e. The highest BCUT2D eigenvalue weighted by Crippen LogP contribution is 2.27. The largest absolute Gasteiger partial charge is 0.430 e. The number of amides is 2. The summed E-state index contributed by atoms with van der Waals surface area (Å²) in [4.78, 5) is 45.0. The number of nitrogens with zero attached hydrogens (tertiary/aromatic N) is 2. The van der Waals surface area contributed by atoms with Crippen LogP contribution in [0.4, 0.5) is 5.69 Å². The van der Waals surface area contributed by atoms with Crippen molar-refractivity contribution in [2.24, 2.45) is 9.98 Å². The number of nitrogens with one attached hydrogen (secondary N) is 2. The van der Waals surface area contributed by atoms with Gasteiger partial charge < -0.3 is 15.4 Å². The third-order valence-corrected chi connectivity index (χ3v) is 5.01. The summed E-state index contributed by atoms with van der Waals surface area (Å²) in [5.74, 6) is -1.45. The zero-order chi connectivity index (χ0) is 22.5. The van der Waals surface area contributed by atoms with Crippen LogP contribution < -0.4 is 10.6 Å². The van der Waals surface area contributed by atoms with Crippen LogP contribution in [0.2, 0.25) is 5.02 Å². The number of anilines is 1. The highest BCUT2D eigenvalue weighted by molar-refractivity contribution is 6.32. The molecule has 32 heavy (non-hydrogen) atoms. The molecule has 0 aliphatic carbocycles. The number of carbonyl (C=O) groups is 3. The Hall–Kier alpha value is -3.78. The van der Waals surface area contributed by atoms with E-state index in [9.17, 15) is 14.4 Å². The van der Waals surface area contributed by atoms with E-state index in [0.717, 1.165) is 5.56 Å². The summed E-state index contributed by atoms with van der Waals surface area (Å²) in [5, 5.41) is 5.89. The van der Waals surface area contributed by atoms with Gasteiger partial charge in [0.05, 0.1) is 11.4 Å². The number of carbonyl (C=O) groups excluding carboxylic acids is 3. The zero-order valence-electron chi connectivity index (χ0n) is 16.9. The van der Waals surface area contributed by atoms with Crippen LogP contribution in [0.15, 0.2) is 70.3 Å². The van der Waals surface area contributed by atoms with Gasteiger partial charge in [0.15, 0.2) is 0 Å². The molecule has 0 radical (unpaired) electrons. The minimum atomic E-state index is -1.35. The first-order valence-electron chi connectivity index (χ1n) is 9.97. The molecule has 0 fully saturated rings. The summed E-state index contributed by atoms with van der Waals surface area (Å²) in [5.41, 5.74) is 2.75. The summed E-state index contributed by atoms with van der Waals surface area (Å²) in [7, 11) is 0. The van der Waals surface area contributed by atoms with Crippen molar-refractivity contribution in [3.05, 3.63) is 76.5 Å². The van der Waals surface area contributed by atoms with Gasteiger partial charge in [0, 0.05) is 35.3 Å². The fourth-order valence-electron chi connectivity index (χ4n) is 3.16. The van der Waals surface area contributed by atoms with E-state index in [1.807, 2.05) is 30.3 Å². The quantitative estimate of drug-likeness (QED) is 0.499. The van der Waals surface area contributed by atoms with Gasteiger partial charge in [0.25, 0.3) is 18.0 Å². The maximum Gasteiger partial charge on any atom is 0.308 e. The number of rotatable bonds is 7. The Morgan fingerprint density at radius 1 is 1.16 bits per heavy atom. The van der Waals surface area contributed by atoms with Gasteiger partial charge in [0.1, 0.15) is 5.70 Å². The molecule has 0 aromatic heterocycles. The number of hydrogen-bond donors (Lipinski definition) is 2. The molecule has 1 atom stereocenters. The van der Waals surface area contributed by atoms with Crippen LogP contribution in [-0.2, 0) is 19.1 Å². The monoisotopic (exact) mass is 450 g/mol. The number of allylic oxidation sites excluding steroid dienone is 1. The van der Waals surface area contributed by atoms with Crippen molar-refractivity contribution in [2.75, 3.05) is 11.9 Å². The lowest BCUT2D eigenvalue weighted by Crippen LogP contribution is -2.31. The number of aliphatic imine (C=N–C) groups is 2. The first-order chi connectivity index (χ1) is 15.5. The Kier molecular flexibility index (Phi) is 6.42. The van der Waals surface area contributed by atoms with E-state index in [-0.39, 0.29) is 18.9 Å². The Morgan fingerprint density at radius 2 is 1.94 bits per heavy atom. The molecule has 2 amide bonds. The number of esters is 1. The number of ether oxygens (including phenoxy) is 1. The van der Waals surface area contributed by atoms with Gasteiger partial charge in [-0.1, -0.05) is 41.9 Å². The van der Waals surface area contributed by atoms with E-state index in [1.165, 1.54) is 6.21 Å². The molecule has 1 unspecified atom stereocenters. The topological polar surface area (TPSA) is 109 Å². The summed E-state index contributed by atoms with van der Waals surface area (Å²) in [6.07, 6.45) is 2.14. The first kappa shape index (κ1) is 21.5. The Bertz CT molecular complexity index is 1160. The lowest BCUT2D eigenvalue weighted by Gasteiger charge is -2.13. The van der Waals surface area contributed by atoms with Crippen LogP contribution in [0.3, 0.4) is 0 Å². The van der Waals surface area contributed by atoms with Crippen LogP contribution >= 0.6 is 11.6 Å². The fourth-order valence-corrected chi connectivity index (χ4v) is 3.33. The molecule has 0 saturated heterocycles. The molecule has 8 nitrogen and oxygen atoms in total. The van der Waals surface area contributed by atoms with Crippen molar-refractivity contribution in [1.29, 1.82) is 0 Å². The summed E-state index contributed by atoms with van der Waals surface area (Å²) in [6, 6.07) is 14.3. The SMILES string of the molecule is O=C(CCCNC(=O)C1=CC=N1)OC1N=C(c2ccccc2)c2cc(Cl)ccc2NC1=O. The highest BCUT2D eigenvalue weighted by atomic mass is 35.5. The summed E-state index contributed by atoms with van der Waals surface area (Å²) >= 11 is 6.17. The molecule has 2 aromatic carbocycles. The Morgan fingerprint density at radius 3 is 2.66 bits per heavy atom. The van der Waals surface area contributed by atoms with E-state index >= 15 is 0 Å². The Labute approximate surface area is 189 Å². The van der Waals surface area contributed by atoms with Crippen molar-refractivity contribution >= 4 is 47.0 Å². The van der Waals surface area contributed by atoms with Crippen LogP contribution in [-0.4, -0.2) is 42.5 Å². The van der Waals surface area contributed by atoms with E-state index in [1.54, 1.807) is 24.3 Å². The maximum atomic E-state index is 12.7. The third kappa shape index (κ3) is 4.92. The van der Waals surface area contributed by atoms with E-state index in [2.05, 4.69) is 20.6 Å². The van der Waals surface area contributed by atoms with Gasteiger partial charge in [-0.25, -0.2) is 4.99 Å². The molecule has 2 N–H and O–H groups in total. The van der Waals surface area contributed by atoms with E-state index in [4.69, 9.17) is 16.3 Å². The van der Waals surface area contributed by atoms with Gasteiger partial charge in [0.2, 0.25) is 0 Å². The predicted octanol–water partition coefficient (Wildman–Crippen LogP) is 2.86. The summed E-state index contributed by atoms with van der Waals surface area (Å²) < 4.78 is 5.36. The molecule has 2 aliphatic heterocycles. The minimum absolute atomic E-state index is 0.0152. The van der Waals surface area contributed by atoms with Crippen LogP contribution in [0.5, 0.6) is 0 Å². The normalized spacial score (nSPS) is 16.5. The van der Waals surface area contributed by atoms with Gasteiger partial charge in [-0.15, -0.1) is 0 Å². The van der Waals surface area contributed by atoms with Gasteiger partial charge >= 0.3 is 5.97 Å². The number of fused-ring (bicyclic) bond motifs is 1. The van der Waals surface area contributed by atoms with Crippen molar-refractivity contribution < 1.29 is 19.1 Å². The minimum Gasteiger partial charge on any atom is -0.430 e.